The zero-order chi connectivity index (χ0) is 13.5. The van der Waals surface area contributed by atoms with E-state index in [1.807, 2.05) is 54.6 Å². The molecule has 2 aromatic rings. The SMILES string of the molecule is N#C/C=C/c1cccc(OCc2ccc(Cl)cc2)c1. The number of allylic oxidation sites excluding steroid dienone is 1. The highest BCUT2D eigenvalue weighted by Gasteiger charge is 1.97. The number of halogens is 1. The summed E-state index contributed by atoms with van der Waals surface area (Å²) in [6, 6.07) is 17.1. The van der Waals surface area contributed by atoms with Crippen LogP contribution >= 0.6 is 11.6 Å². The molecule has 3 heteroatoms. The van der Waals surface area contributed by atoms with E-state index in [9.17, 15) is 0 Å². The standard InChI is InChI=1S/C16H12ClNO/c17-15-8-6-14(7-9-15)12-19-16-5-1-3-13(11-16)4-2-10-18/h1-9,11H,12H2/b4-2+. The quantitative estimate of drug-likeness (QED) is 0.768. The lowest BCUT2D eigenvalue weighted by Crippen LogP contribution is -1.95. The summed E-state index contributed by atoms with van der Waals surface area (Å²) < 4.78 is 5.69. The molecule has 0 aromatic heterocycles. The van der Waals surface area contributed by atoms with Crippen LogP contribution in [0.2, 0.25) is 5.02 Å². The van der Waals surface area contributed by atoms with E-state index in [1.54, 1.807) is 6.08 Å². The van der Waals surface area contributed by atoms with Gasteiger partial charge >= 0.3 is 0 Å². The van der Waals surface area contributed by atoms with Crippen LogP contribution in [0.5, 0.6) is 5.75 Å². The van der Waals surface area contributed by atoms with Crippen molar-refractivity contribution >= 4 is 17.7 Å². The van der Waals surface area contributed by atoms with E-state index < -0.39 is 0 Å². The van der Waals surface area contributed by atoms with E-state index in [0.717, 1.165) is 16.9 Å². The topological polar surface area (TPSA) is 33.0 Å². The molecule has 0 heterocycles. The molecule has 19 heavy (non-hydrogen) atoms. The van der Waals surface area contributed by atoms with E-state index >= 15 is 0 Å². The molecule has 0 unspecified atom stereocenters. The summed E-state index contributed by atoms with van der Waals surface area (Å²) in [6.07, 6.45) is 3.19. The minimum absolute atomic E-state index is 0.489. The molecule has 0 saturated heterocycles. The molecular formula is C16H12ClNO. The summed E-state index contributed by atoms with van der Waals surface area (Å²) in [4.78, 5) is 0. The third kappa shape index (κ3) is 4.17. The van der Waals surface area contributed by atoms with Gasteiger partial charge in [0.1, 0.15) is 12.4 Å². The van der Waals surface area contributed by atoms with Crippen molar-refractivity contribution in [2.45, 2.75) is 6.61 Å². The third-order valence-electron chi connectivity index (χ3n) is 2.53. The summed E-state index contributed by atoms with van der Waals surface area (Å²) in [5.41, 5.74) is 2.00. The number of nitriles is 1. The average Bonchev–Trinajstić information content (AvgIpc) is 2.45. The van der Waals surface area contributed by atoms with Gasteiger partial charge in [0.25, 0.3) is 0 Å². The molecule has 2 rings (SSSR count). The fourth-order valence-electron chi connectivity index (χ4n) is 1.59. The molecule has 0 aliphatic carbocycles. The van der Waals surface area contributed by atoms with Gasteiger partial charge in [-0.05, 0) is 41.5 Å². The number of rotatable bonds is 4. The van der Waals surface area contributed by atoms with Gasteiger partial charge in [-0.25, -0.2) is 0 Å². The molecular weight excluding hydrogens is 258 g/mol. The minimum atomic E-state index is 0.489. The van der Waals surface area contributed by atoms with Gasteiger partial charge in [0.15, 0.2) is 0 Å². The van der Waals surface area contributed by atoms with Crippen molar-refractivity contribution in [1.82, 2.24) is 0 Å². The van der Waals surface area contributed by atoms with Crippen molar-refractivity contribution in [1.29, 1.82) is 5.26 Å². The van der Waals surface area contributed by atoms with Gasteiger partial charge in [0.05, 0.1) is 6.07 Å². The Bertz CT molecular complexity index is 611. The van der Waals surface area contributed by atoms with Crippen molar-refractivity contribution in [2.24, 2.45) is 0 Å². The zero-order valence-corrected chi connectivity index (χ0v) is 11.0. The summed E-state index contributed by atoms with van der Waals surface area (Å²) >= 11 is 5.82. The van der Waals surface area contributed by atoms with Gasteiger partial charge in [-0.1, -0.05) is 35.9 Å². The number of ether oxygens (including phenoxy) is 1. The fourth-order valence-corrected chi connectivity index (χ4v) is 1.71. The Balaban J connectivity index is 2.01. The Hall–Kier alpha value is -2.24. The van der Waals surface area contributed by atoms with Crippen molar-refractivity contribution in [3.05, 3.63) is 70.8 Å². The Labute approximate surface area is 117 Å². The first kappa shape index (κ1) is 13.2. The molecule has 0 atom stereocenters. The largest absolute Gasteiger partial charge is 0.489 e. The molecule has 0 amide bonds. The molecule has 94 valence electrons. The van der Waals surface area contributed by atoms with Crippen LogP contribution in [0.4, 0.5) is 0 Å². The van der Waals surface area contributed by atoms with E-state index in [4.69, 9.17) is 21.6 Å². The Morgan fingerprint density at radius 3 is 2.68 bits per heavy atom. The predicted molar refractivity (Wildman–Crippen MR) is 76.9 cm³/mol. The van der Waals surface area contributed by atoms with E-state index in [1.165, 1.54) is 6.08 Å². The zero-order valence-electron chi connectivity index (χ0n) is 10.2. The molecule has 0 aliphatic heterocycles. The Morgan fingerprint density at radius 2 is 1.95 bits per heavy atom. The van der Waals surface area contributed by atoms with Gasteiger partial charge in [0.2, 0.25) is 0 Å². The maximum atomic E-state index is 8.49. The van der Waals surface area contributed by atoms with E-state index in [2.05, 4.69) is 0 Å². The molecule has 0 bridgehead atoms. The molecule has 2 aromatic carbocycles. The lowest BCUT2D eigenvalue weighted by Gasteiger charge is -2.07. The lowest BCUT2D eigenvalue weighted by molar-refractivity contribution is 0.306. The minimum Gasteiger partial charge on any atom is -0.489 e. The first-order valence-electron chi connectivity index (χ1n) is 5.81. The summed E-state index contributed by atoms with van der Waals surface area (Å²) in [7, 11) is 0. The van der Waals surface area contributed by atoms with Gasteiger partial charge in [-0.15, -0.1) is 0 Å². The van der Waals surface area contributed by atoms with Gasteiger partial charge in [-0.3, -0.25) is 0 Å². The lowest BCUT2D eigenvalue weighted by atomic mass is 10.2. The molecule has 0 radical (unpaired) electrons. The number of nitrogens with zero attached hydrogens (tertiary/aromatic N) is 1. The van der Waals surface area contributed by atoms with Crippen molar-refractivity contribution in [3.8, 4) is 11.8 Å². The van der Waals surface area contributed by atoms with Crippen LogP contribution in [0.1, 0.15) is 11.1 Å². The van der Waals surface area contributed by atoms with Crippen LogP contribution in [0, 0.1) is 11.3 Å². The molecule has 2 nitrogen and oxygen atoms in total. The smallest absolute Gasteiger partial charge is 0.120 e. The molecule has 0 aliphatic rings. The highest BCUT2D eigenvalue weighted by Crippen LogP contribution is 2.17. The van der Waals surface area contributed by atoms with Gasteiger partial charge < -0.3 is 4.74 Å². The maximum Gasteiger partial charge on any atom is 0.120 e. The average molecular weight is 270 g/mol. The molecule has 0 fully saturated rings. The fraction of sp³-hybridized carbons (Fsp3) is 0.0625. The summed E-state index contributed by atoms with van der Waals surface area (Å²) in [5, 5.41) is 9.21. The second-order valence-corrected chi connectivity index (χ2v) is 4.39. The second kappa shape index (κ2) is 6.63. The van der Waals surface area contributed by atoms with Crippen LogP contribution < -0.4 is 4.74 Å². The highest BCUT2D eigenvalue weighted by molar-refractivity contribution is 6.30. The number of hydrogen-bond acceptors (Lipinski definition) is 2. The third-order valence-corrected chi connectivity index (χ3v) is 2.78. The Morgan fingerprint density at radius 1 is 1.16 bits per heavy atom. The Kier molecular flexibility index (Phi) is 4.60. The number of hydrogen-bond donors (Lipinski definition) is 0. The molecule has 0 spiro atoms. The van der Waals surface area contributed by atoms with Gasteiger partial charge in [-0.2, -0.15) is 5.26 Å². The summed E-state index contributed by atoms with van der Waals surface area (Å²) in [5.74, 6) is 0.773. The monoisotopic (exact) mass is 269 g/mol. The normalized spacial score (nSPS) is 10.3. The first-order chi connectivity index (χ1) is 9.28. The van der Waals surface area contributed by atoms with Crippen LogP contribution in [0.3, 0.4) is 0 Å². The van der Waals surface area contributed by atoms with E-state index in [-0.39, 0.29) is 0 Å². The molecule has 0 saturated carbocycles. The van der Waals surface area contributed by atoms with Crippen molar-refractivity contribution in [3.63, 3.8) is 0 Å². The molecule has 0 N–H and O–H groups in total. The first-order valence-corrected chi connectivity index (χ1v) is 6.19. The van der Waals surface area contributed by atoms with Crippen LogP contribution in [-0.2, 0) is 6.61 Å². The predicted octanol–water partition coefficient (Wildman–Crippen LogP) is 4.46. The van der Waals surface area contributed by atoms with Crippen LogP contribution in [0.15, 0.2) is 54.6 Å². The maximum absolute atomic E-state index is 8.49. The van der Waals surface area contributed by atoms with Crippen molar-refractivity contribution in [2.75, 3.05) is 0 Å². The van der Waals surface area contributed by atoms with E-state index in [0.29, 0.717) is 11.6 Å². The number of benzene rings is 2. The second-order valence-electron chi connectivity index (χ2n) is 3.95. The highest BCUT2D eigenvalue weighted by atomic mass is 35.5. The van der Waals surface area contributed by atoms with Crippen LogP contribution in [0.25, 0.3) is 6.08 Å². The van der Waals surface area contributed by atoms with Gasteiger partial charge in [0, 0.05) is 11.1 Å². The van der Waals surface area contributed by atoms with Crippen LogP contribution in [-0.4, -0.2) is 0 Å². The van der Waals surface area contributed by atoms with Crippen molar-refractivity contribution < 1.29 is 4.74 Å². The summed E-state index contributed by atoms with van der Waals surface area (Å²) in [6.45, 7) is 0.489.